The van der Waals surface area contributed by atoms with Crippen LogP contribution in [0.15, 0.2) is 12.2 Å². The predicted molar refractivity (Wildman–Crippen MR) is 37.0 cm³/mol. The molecule has 3 unspecified atom stereocenters. The Morgan fingerprint density at radius 1 is 1.44 bits per heavy atom. The summed E-state index contributed by atoms with van der Waals surface area (Å²) in [5.41, 5.74) is 0. The molecule has 0 radical (unpaired) electrons. The molecule has 1 rings (SSSR count). The van der Waals surface area contributed by atoms with Gasteiger partial charge in [0.15, 0.2) is 0 Å². The first-order valence-corrected chi connectivity index (χ1v) is 3.52. The van der Waals surface area contributed by atoms with Crippen LogP contribution in [0.3, 0.4) is 0 Å². The molecular weight excluding hydrogens is 115 g/mol. The number of hydrogen-bond acceptors (Lipinski definition) is 0. The number of rotatable bonds is 0. The Morgan fingerprint density at radius 2 is 2.11 bits per heavy atom. The molecule has 0 bridgehead atoms. The molecule has 52 valence electrons. The normalized spacial score (nSPS) is 43.2. The molecule has 0 N–H and O–H groups in total. The van der Waals surface area contributed by atoms with Crippen molar-refractivity contribution >= 4 is 0 Å². The summed E-state index contributed by atoms with van der Waals surface area (Å²) in [6.07, 6.45) is 4.33. The summed E-state index contributed by atoms with van der Waals surface area (Å²) < 4.78 is 12.9. The lowest BCUT2D eigenvalue weighted by Crippen LogP contribution is -2.22. The number of halogens is 1. The highest BCUT2D eigenvalue weighted by atomic mass is 19.1. The Balaban J connectivity index is 2.58. The summed E-state index contributed by atoms with van der Waals surface area (Å²) in [5, 5.41) is 0. The van der Waals surface area contributed by atoms with E-state index in [1.165, 1.54) is 0 Å². The van der Waals surface area contributed by atoms with Gasteiger partial charge in [-0.3, -0.25) is 0 Å². The van der Waals surface area contributed by atoms with Gasteiger partial charge in [0.25, 0.3) is 0 Å². The van der Waals surface area contributed by atoms with Crippen LogP contribution >= 0.6 is 0 Å². The molecule has 0 aromatic rings. The van der Waals surface area contributed by atoms with Gasteiger partial charge in [0.2, 0.25) is 0 Å². The third kappa shape index (κ3) is 1.32. The second-order valence-corrected chi connectivity index (χ2v) is 2.94. The molecule has 0 heterocycles. The molecular formula is C8H13F. The maximum atomic E-state index is 12.9. The molecule has 0 fully saturated rings. The summed E-state index contributed by atoms with van der Waals surface area (Å²) in [7, 11) is 0. The fraction of sp³-hybridized carbons (Fsp3) is 0.750. The summed E-state index contributed by atoms with van der Waals surface area (Å²) in [5.74, 6) is 0.360. The Morgan fingerprint density at radius 3 is 2.56 bits per heavy atom. The average molecular weight is 128 g/mol. The summed E-state index contributed by atoms with van der Waals surface area (Å²) in [6, 6.07) is 0. The van der Waals surface area contributed by atoms with Gasteiger partial charge < -0.3 is 0 Å². The smallest absolute Gasteiger partial charge is 0.109 e. The van der Waals surface area contributed by atoms with Crippen LogP contribution in [-0.2, 0) is 0 Å². The minimum atomic E-state index is -0.616. The Bertz CT molecular complexity index is 118. The molecule has 1 heteroatoms. The van der Waals surface area contributed by atoms with E-state index in [0.717, 1.165) is 6.42 Å². The van der Waals surface area contributed by atoms with E-state index in [4.69, 9.17) is 0 Å². The van der Waals surface area contributed by atoms with Gasteiger partial charge in [-0.1, -0.05) is 26.0 Å². The average Bonchev–Trinajstić information content (AvgIpc) is 1.83. The predicted octanol–water partition coefficient (Wildman–Crippen LogP) is 2.56. The van der Waals surface area contributed by atoms with Crippen LogP contribution < -0.4 is 0 Å². The highest BCUT2D eigenvalue weighted by Crippen LogP contribution is 2.25. The van der Waals surface area contributed by atoms with E-state index in [1.54, 1.807) is 0 Å². The van der Waals surface area contributed by atoms with Crippen molar-refractivity contribution < 1.29 is 4.39 Å². The van der Waals surface area contributed by atoms with E-state index in [2.05, 4.69) is 6.08 Å². The van der Waals surface area contributed by atoms with Crippen molar-refractivity contribution in [3.05, 3.63) is 12.2 Å². The molecule has 0 spiro atoms. The van der Waals surface area contributed by atoms with Crippen LogP contribution in [0.25, 0.3) is 0 Å². The number of alkyl halides is 1. The molecule has 0 saturated heterocycles. The molecule has 0 aromatic heterocycles. The topological polar surface area (TPSA) is 0 Å². The third-order valence-electron chi connectivity index (χ3n) is 1.99. The second kappa shape index (κ2) is 2.51. The van der Waals surface area contributed by atoms with E-state index in [1.807, 2.05) is 19.9 Å². The third-order valence-corrected chi connectivity index (χ3v) is 1.99. The van der Waals surface area contributed by atoms with E-state index in [-0.39, 0.29) is 11.8 Å². The molecule has 0 amide bonds. The van der Waals surface area contributed by atoms with Gasteiger partial charge in [0.05, 0.1) is 0 Å². The minimum absolute atomic E-state index is 0.133. The fourth-order valence-corrected chi connectivity index (χ4v) is 1.26. The summed E-state index contributed by atoms with van der Waals surface area (Å²) in [6.45, 7) is 3.89. The molecule has 3 atom stereocenters. The highest BCUT2D eigenvalue weighted by molar-refractivity contribution is 4.98. The second-order valence-electron chi connectivity index (χ2n) is 2.94. The fourth-order valence-electron chi connectivity index (χ4n) is 1.26. The first-order chi connectivity index (χ1) is 4.22. The first kappa shape index (κ1) is 6.79. The van der Waals surface area contributed by atoms with Crippen molar-refractivity contribution in [2.45, 2.75) is 26.4 Å². The van der Waals surface area contributed by atoms with Crippen molar-refractivity contribution in [3.8, 4) is 0 Å². The lowest BCUT2D eigenvalue weighted by molar-refractivity contribution is 0.187. The standard InChI is InChI=1S/C8H13F/c1-6-4-3-5-7(2)8(6)9/h3-4,6-8H,5H2,1-2H3. The Hall–Kier alpha value is -0.330. The quantitative estimate of drug-likeness (QED) is 0.440. The molecule has 0 aromatic carbocycles. The number of hydrogen-bond donors (Lipinski definition) is 0. The van der Waals surface area contributed by atoms with Crippen molar-refractivity contribution in [1.82, 2.24) is 0 Å². The maximum absolute atomic E-state index is 12.9. The zero-order valence-corrected chi connectivity index (χ0v) is 5.97. The lowest BCUT2D eigenvalue weighted by atomic mass is 9.87. The first-order valence-electron chi connectivity index (χ1n) is 3.52. The van der Waals surface area contributed by atoms with Gasteiger partial charge in [0.1, 0.15) is 6.17 Å². The lowest BCUT2D eigenvalue weighted by Gasteiger charge is -2.23. The van der Waals surface area contributed by atoms with Crippen LogP contribution in [0.2, 0.25) is 0 Å². The van der Waals surface area contributed by atoms with Gasteiger partial charge in [0, 0.05) is 5.92 Å². The van der Waals surface area contributed by atoms with Crippen LogP contribution in [0.1, 0.15) is 20.3 Å². The summed E-state index contributed by atoms with van der Waals surface area (Å²) in [4.78, 5) is 0. The Labute approximate surface area is 55.8 Å². The van der Waals surface area contributed by atoms with Gasteiger partial charge in [-0.15, -0.1) is 0 Å². The summed E-state index contributed by atoms with van der Waals surface area (Å²) >= 11 is 0. The van der Waals surface area contributed by atoms with Crippen LogP contribution in [0.5, 0.6) is 0 Å². The molecule has 1 aliphatic rings. The molecule has 9 heavy (non-hydrogen) atoms. The van der Waals surface area contributed by atoms with Crippen molar-refractivity contribution in [3.63, 3.8) is 0 Å². The van der Waals surface area contributed by atoms with Crippen molar-refractivity contribution in [2.75, 3.05) is 0 Å². The maximum Gasteiger partial charge on any atom is 0.109 e. The van der Waals surface area contributed by atoms with E-state index in [0.29, 0.717) is 0 Å². The van der Waals surface area contributed by atoms with Gasteiger partial charge in [-0.2, -0.15) is 0 Å². The zero-order valence-electron chi connectivity index (χ0n) is 5.97. The van der Waals surface area contributed by atoms with E-state index in [9.17, 15) is 4.39 Å². The van der Waals surface area contributed by atoms with Crippen LogP contribution in [-0.4, -0.2) is 6.17 Å². The monoisotopic (exact) mass is 128 g/mol. The van der Waals surface area contributed by atoms with E-state index < -0.39 is 6.17 Å². The van der Waals surface area contributed by atoms with Crippen LogP contribution in [0.4, 0.5) is 4.39 Å². The van der Waals surface area contributed by atoms with Crippen LogP contribution in [0, 0.1) is 11.8 Å². The van der Waals surface area contributed by atoms with Crippen molar-refractivity contribution in [1.29, 1.82) is 0 Å². The van der Waals surface area contributed by atoms with Gasteiger partial charge in [-0.25, -0.2) is 4.39 Å². The van der Waals surface area contributed by atoms with Gasteiger partial charge >= 0.3 is 0 Å². The molecule has 0 saturated carbocycles. The number of allylic oxidation sites excluding steroid dienone is 2. The van der Waals surface area contributed by atoms with Crippen molar-refractivity contribution in [2.24, 2.45) is 11.8 Å². The SMILES string of the molecule is CC1C=CCC(C)C1F. The largest absolute Gasteiger partial charge is 0.247 e. The molecule has 1 aliphatic carbocycles. The van der Waals surface area contributed by atoms with Gasteiger partial charge in [-0.05, 0) is 12.3 Å². The zero-order chi connectivity index (χ0) is 6.85. The van der Waals surface area contributed by atoms with E-state index >= 15 is 0 Å². The molecule has 0 aliphatic heterocycles. The minimum Gasteiger partial charge on any atom is -0.247 e. The highest BCUT2D eigenvalue weighted by Gasteiger charge is 2.23. The molecule has 0 nitrogen and oxygen atoms in total. The Kier molecular flexibility index (Phi) is 1.89.